The number of thiophene rings is 1. The molecule has 0 saturated carbocycles. The van der Waals surface area contributed by atoms with E-state index in [9.17, 15) is 0 Å². The maximum absolute atomic E-state index is 8.94. The van der Waals surface area contributed by atoms with Crippen molar-refractivity contribution in [3.63, 3.8) is 0 Å². The van der Waals surface area contributed by atoms with Crippen molar-refractivity contribution in [2.75, 3.05) is 0 Å². The molecule has 1 N–H and O–H groups in total. The zero-order valence-corrected chi connectivity index (χ0v) is 31.9. The monoisotopic (exact) mass is 744 g/mol. The molecule has 0 aliphatic heterocycles. The number of rotatable bonds is 7. The van der Waals surface area contributed by atoms with Crippen LogP contribution in [0.15, 0.2) is 211 Å². The Kier molecular flexibility index (Phi) is 8.91. The Morgan fingerprint density at radius 3 is 1.89 bits per heavy atom. The summed E-state index contributed by atoms with van der Waals surface area (Å²) in [5.74, 6) is 0.227. The largest absolute Gasteiger partial charge is 0.282 e. The lowest BCUT2D eigenvalue weighted by Gasteiger charge is -2.14. The first-order valence-electron chi connectivity index (χ1n) is 19.2. The van der Waals surface area contributed by atoms with Crippen molar-refractivity contribution in [2.45, 2.75) is 0 Å². The summed E-state index contributed by atoms with van der Waals surface area (Å²) in [6, 6.07) is 70.7. The zero-order chi connectivity index (χ0) is 38.1. The number of nitrogens with one attached hydrogen (secondary N) is 1. The molecule has 0 aliphatic carbocycles. The van der Waals surface area contributed by atoms with E-state index in [1.807, 2.05) is 42.5 Å². The molecule has 0 atom stereocenters. The Hall–Kier alpha value is -7.20. The summed E-state index contributed by atoms with van der Waals surface area (Å²) in [7, 11) is 0. The van der Waals surface area contributed by atoms with E-state index < -0.39 is 0 Å². The standard InChI is InChI=1S/C54H36N2S/c55-54(41-13-2-1-3-14-41)56-50(46-19-9-10-20-47(46)52-35-43-16-6-11-21-51(43)57-52)33-24-36-22-25-37(26-23-36)38-27-29-40(30-28-38)53-45-18-8-5-15-42(45)34-49-44-17-7-4-12-39(44)31-32-48(49)53/h1-35,55H/b33-24+,55-54?,56-50?. The fourth-order valence-electron chi connectivity index (χ4n) is 7.93. The van der Waals surface area contributed by atoms with E-state index in [0.717, 1.165) is 33.5 Å². The van der Waals surface area contributed by atoms with Crippen LogP contribution in [0.5, 0.6) is 0 Å². The van der Waals surface area contributed by atoms with Gasteiger partial charge in [0.15, 0.2) is 5.84 Å². The summed E-state index contributed by atoms with van der Waals surface area (Å²) in [5.41, 5.74) is 9.47. The molecule has 1 aromatic heterocycles. The van der Waals surface area contributed by atoms with Crippen LogP contribution in [0, 0.1) is 5.41 Å². The first-order valence-corrected chi connectivity index (χ1v) is 20.0. The summed E-state index contributed by atoms with van der Waals surface area (Å²) in [6.07, 6.45) is 4.14. The van der Waals surface area contributed by atoms with E-state index in [1.54, 1.807) is 11.3 Å². The maximum Gasteiger partial charge on any atom is 0.152 e. The van der Waals surface area contributed by atoms with Crippen molar-refractivity contribution in [2.24, 2.45) is 4.99 Å². The second kappa shape index (κ2) is 14.8. The SMILES string of the molecule is N=C(N=C(/C=C/c1ccc(-c2ccc(-c3c4ccccc4cc4c3ccc3ccccc34)cc2)cc1)c1ccccc1-c1cc2ccccc2s1)c1ccccc1. The number of fused-ring (bicyclic) bond motifs is 5. The van der Waals surface area contributed by atoms with Gasteiger partial charge in [0.1, 0.15) is 0 Å². The van der Waals surface area contributed by atoms with Gasteiger partial charge < -0.3 is 0 Å². The van der Waals surface area contributed by atoms with E-state index in [0.29, 0.717) is 0 Å². The average molecular weight is 745 g/mol. The number of nitrogens with zero attached hydrogens (tertiary/aromatic N) is 1. The fourth-order valence-corrected chi connectivity index (χ4v) is 9.03. The van der Waals surface area contributed by atoms with Gasteiger partial charge in [-0.15, -0.1) is 11.3 Å². The number of amidine groups is 1. The lowest BCUT2D eigenvalue weighted by molar-refractivity contribution is 1.41. The minimum atomic E-state index is 0.227. The van der Waals surface area contributed by atoms with Crippen molar-refractivity contribution in [3.8, 4) is 32.7 Å². The minimum Gasteiger partial charge on any atom is -0.282 e. The van der Waals surface area contributed by atoms with Crippen LogP contribution in [0.2, 0.25) is 0 Å². The Morgan fingerprint density at radius 2 is 1.11 bits per heavy atom. The molecule has 9 aromatic carbocycles. The molecular weight excluding hydrogens is 709 g/mol. The average Bonchev–Trinajstić information content (AvgIpc) is 3.72. The lowest BCUT2D eigenvalue weighted by atomic mass is 9.89. The van der Waals surface area contributed by atoms with Crippen LogP contribution in [0.1, 0.15) is 16.7 Å². The second-order valence-electron chi connectivity index (χ2n) is 14.3. The number of aliphatic imine (C=N–C) groups is 1. The number of hydrogen-bond donors (Lipinski definition) is 1. The molecule has 10 rings (SSSR count). The lowest BCUT2D eigenvalue weighted by Crippen LogP contribution is -2.05. The molecule has 0 aliphatic rings. The van der Waals surface area contributed by atoms with E-state index in [-0.39, 0.29) is 5.84 Å². The quantitative estimate of drug-likeness (QED) is 0.0730. The summed E-state index contributed by atoms with van der Waals surface area (Å²) < 4.78 is 1.25. The van der Waals surface area contributed by atoms with Crippen LogP contribution < -0.4 is 0 Å². The number of benzene rings is 9. The van der Waals surface area contributed by atoms with Crippen LogP contribution in [0.4, 0.5) is 0 Å². The van der Waals surface area contributed by atoms with Gasteiger partial charge in [0.2, 0.25) is 0 Å². The third-order valence-corrected chi connectivity index (χ3v) is 11.9. The highest BCUT2D eigenvalue weighted by Crippen LogP contribution is 2.40. The fraction of sp³-hybridized carbons (Fsp3) is 0. The van der Waals surface area contributed by atoms with Gasteiger partial charge >= 0.3 is 0 Å². The van der Waals surface area contributed by atoms with Crippen molar-refractivity contribution in [1.29, 1.82) is 5.41 Å². The van der Waals surface area contributed by atoms with Crippen LogP contribution in [-0.2, 0) is 0 Å². The molecule has 268 valence electrons. The van der Waals surface area contributed by atoms with Crippen molar-refractivity contribution >= 4 is 71.4 Å². The second-order valence-corrected chi connectivity index (χ2v) is 15.4. The molecule has 1 heterocycles. The smallest absolute Gasteiger partial charge is 0.152 e. The molecule has 0 saturated heterocycles. The van der Waals surface area contributed by atoms with Gasteiger partial charge in [0.05, 0.1) is 5.71 Å². The summed E-state index contributed by atoms with van der Waals surface area (Å²) in [5, 5.41) is 17.8. The normalized spacial score (nSPS) is 12.0. The van der Waals surface area contributed by atoms with Crippen molar-refractivity contribution in [3.05, 3.63) is 223 Å². The van der Waals surface area contributed by atoms with Gasteiger partial charge in [0.25, 0.3) is 0 Å². The molecule has 3 heteroatoms. The topological polar surface area (TPSA) is 36.2 Å². The van der Waals surface area contributed by atoms with Crippen molar-refractivity contribution < 1.29 is 0 Å². The molecule has 2 nitrogen and oxygen atoms in total. The maximum atomic E-state index is 8.94. The van der Waals surface area contributed by atoms with Gasteiger partial charge in [-0.05, 0) is 89.8 Å². The summed E-state index contributed by atoms with van der Waals surface area (Å²) >= 11 is 1.78. The molecule has 0 unspecified atom stereocenters. The van der Waals surface area contributed by atoms with Gasteiger partial charge in [-0.1, -0.05) is 188 Å². The highest BCUT2D eigenvalue weighted by molar-refractivity contribution is 7.22. The Balaban J connectivity index is 0.977. The highest BCUT2D eigenvalue weighted by atomic mass is 32.1. The van der Waals surface area contributed by atoms with Crippen molar-refractivity contribution in [1.82, 2.24) is 0 Å². The summed E-state index contributed by atoms with van der Waals surface area (Å²) in [6.45, 7) is 0. The Labute approximate surface area is 335 Å². The molecule has 0 amide bonds. The third kappa shape index (κ3) is 6.65. The van der Waals surface area contributed by atoms with Gasteiger partial charge in [-0.2, -0.15) is 0 Å². The van der Waals surface area contributed by atoms with Gasteiger partial charge in [-0.25, -0.2) is 4.99 Å². The molecular formula is C54H36N2S. The minimum absolute atomic E-state index is 0.227. The predicted molar refractivity (Wildman–Crippen MR) is 246 cm³/mol. The predicted octanol–water partition coefficient (Wildman–Crippen LogP) is 14.9. The molecule has 0 radical (unpaired) electrons. The van der Waals surface area contributed by atoms with Gasteiger partial charge in [0, 0.05) is 26.3 Å². The van der Waals surface area contributed by atoms with Crippen LogP contribution >= 0.6 is 11.3 Å². The molecule has 0 bridgehead atoms. The van der Waals surface area contributed by atoms with Crippen LogP contribution in [0.3, 0.4) is 0 Å². The van der Waals surface area contributed by atoms with E-state index in [4.69, 9.17) is 10.4 Å². The highest BCUT2D eigenvalue weighted by Gasteiger charge is 2.15. The number of hydrogen-bond acceptors (Lipinski definition) is 2. The Morgan fingerprint density at radius 1 is 0.474 bits per heavy atom. The number of allylic oxidation sites excluding steroid dienone is 1. The molecule has 0 spiro atoms. The molecule has 0 fully saturated rings. The van der Waals surface area contributed by atoms with E-state index in [2.05, 4.69) is 170 Å². The van der Waals surface area contributed by atoms with Gasteiger partial charge in [-0.3, -0.25) is 5.41 Å². The third-order valence-electron chi connectivity index (χ3n) is 10.8. The van der Waals surface area contributed by atoms with Crippen LogP contribution in [-0.4, -0.2) is 11.5 Å². The molecule has 57 heavy (non-hydrogen) atoms. The van der Waals surface area contributed by atoms with E-state index in [1.165, 1.54) is 64.0 Å². The molecule has 10 aromatic rings. The first kappa shape index (κ1) is 34.3. The van der Waals surface area contributed by atoms with E-state index >= 15 is 0 Å². The zero-order valence-electron chi connectivity index (χ0n) is 31.1. The Bertz CT molecular complexity index is 3140. The van der Waals surface area contributed by atoms with Crippen LogP contribution in [0.25, 0.3) is 81.2 Å². The summed E-state index contributed by atoms with van der Waals surface area (Å²) in [4.78, 5) is 6.12. The first-order chi connectivity index (χ1) is 28.2.